The molecule has 214 valence electrons. The highest BCUT2D eigenvalue weighted by molar-refractivity contribution is 5.88. The summed E-state index contributed by atoms with van der Waals surface area (Å²) in [6.45, 7) is 16.6. The molecule has 0 bridgehead atoms. The minimum Gasteiger partial charge on any atom is -0.205 e. The van der Waals surface area contributed by atoms with Crippen molar-refractivity contribution in [3.05, 3.63) is 71.3 Å². The summed E-state index contributed by atoms with van der Waals surface area (Å²) in [7, 11) is 0. The number of unbranched alkanes of at least 4 members (excludes halogenated alkanes) is 10. The first-order valence-electron chi connectivity index (χ1n) is 16.6. The van der Waals surface area contributed by atoms with Crippen molar-refractivity contribution in [2.24, 2.45) is 0 Å². The van der Waals surface area contributed by atoms with Crippen LogP contribution in [-0.2, 0) is 23.9 Å². The molecule has 0 saturated heterocycles. The molecule has 40 heavy (non-hydrogen) atoms. The number of aryl methyl sites for hydroxylation is 2. The number of hydrogen-bond donors (Lipinski definition) is 0. The van der Waals surface area contributed by atoms with E-state index < -0.39 is 0 Å². The van der Waals surface area contributed by atoms with Crippen LogP contribution in [0, 0.1) is 0 Å². The lowest BCUT2D eigenvalue weighted by Crippen LogP contribution is -2.35. The van der Waals surface area contributed by atoms with Gasteiger partial charge in [0.2, 0.25) is 0 Å². The van der Waals surface area contributed by atoms with Crippen molar-refractivity contribution in [2.75, 3.05) is 0 Å². The zero-order valence-corrected chi connectivity index (χ0v) is 26.4. The van der Waals surface area contributed by atoms with Crippen molar-refractivity contribution < 1.29 is 9.13 Å². The molecule has 2 aromatic heterocycles. The number of fused-ring (bicyclic) bond motifs is 6. The van der Waals surface area contributed by atoms with Crippen molar-refractivity contribution in [3.8, 4) is 22.3 Å². The van der Waals surface area contributed by atoms with Crippen molar-refractivity contribution >= 4 is 0 Å². The number of benzene rings is 1. The third-order valence-corrected chi connectivity index (χ3v) is 10.0. The topological polar surface area (TPSA) is 7.76 Å². The smallest absolute Gasteiger partial charge is 0.173 e. The van der Waals surface area contributed by atoms with Crippen molar-refractivity contribution in [1.29, 1.82) is 0 Å². The van der Waals surface area contributed by atoms with Gasteiger partial charge in [0, 0.05) is 46.9 Å². The van der Waals surface area contributed by atoms with E-state index in [9.17, 15) is 0 Å². The molecular formula is C38H54N2+2. The Hall–Kier alpha value is -2.48. The molecule has 0 N–H and O–H groups in total. The second kappa shape index (κ2) is 12.2. The molecule has 0 saturated carbocycles. The quantitative estimate of drug-likeness (QED) is 0.143. The van der Waals surface area contributed by atoms with Crippen LogP contribution in [0.2, 0.25) is 0 Å². The average molecular weight is 539 g/mol. The van der Waals surface area contributed by atoms with Crippen LogP contribution in [0.15, 0.2) is 49.1 Å². The van der Waals surface area contributed by atoms with Gasteiger partial charge in [0.25, 0.3) is 0 Å². The first-order valence-corrected chi connectivity index (χ1v) is 16.6. The summed E-state index contributed by atoms with van der Waals surface area (Å²) < 4.78 is 4.89. The van der Waals surface area contributed by atoms with E-state index in [4.69, 9.17) is 0 Å². The van der Waals surface area contributed by atoms with Crippen LogP contribution in [0.25, 0.3) is 22.3 Å². The zero-order valence-electron chi connectivity index (χ0n) is 26.4. The van der Waals surface area contributed by atoms with E-state index in [1.54, 1.807) is 0 Å². The highest BCUT2D eigenvalue weighted by Gasteiger charge is 2.43. The molecule has 1 aromatic carbocycles. The average Bonchev–Trinajstić information content (AvgIpc) is 3.30. The first-order chi connectivity index (χ1) is 19.3. The molecule has 3 aromatic rings. The monoisotopic (exact) mass is 538 g/mol. The Morgan fingerprint density at radius 1 is 0.475 bits per heavy atom. The SMILES string of the molecule is CCCCCCCC[n+]1ccc2c(c1)C(C)(C)c1cc3c(cc1-2)C(C)(C)c1c[n+](CCCCCCCC)ccc1-3. The third kappa shape index (κ3) is 5.53. The maximum absolute atomic E-state index is 2.55. The van der Waals surface area contributed by atoms with Crippen LogP contribution in [0.5, 0.6) is 0 Å². The maximum atomic E-state index is 2.55. The normalized spacial score (nSPS) is 15.6. The second-order valence-electron chi connectivity index (χ2n) is 13.7. The highest BCUT2D eigenvalue weighted by atomic mass is 14.9. The summed E-state index contributed by atoms with van der Waals surface area (Å²) in [6.07, 6.45) is 25.7. The Labute approximate surface area is 244 Å². The summed E-state index contributed by atoms with van der Waals surface area (Å²) in [4.78, 5) is 0. The van der Waals surface area contributed by atoms with E-state index in [-0.39, 0.29) is 10.8 Å². The molecular weight excluding hydrogens is 484 g/mol. The predicted molar refractivity (Wildman–Crippen MR) is 169 cm³/mol. The van der Waals surface area contributed by atoms with Crippen molar-refractivity contribution in [1.82, 2.24) is 0 Å². The fourth-order valence-electron chi connectivity index (χ4n) is 7.34. The predicted octanol–water partition coefficient (Wildman–Crippen LogP) is 9.60. The zero-order chi connectivity index (χ0) is 28.3. The summed E-state index contributed by atoms with van der Waals surface area (Å²) in [5, 5.41) is 0. The Bertz CT molecular complexity index is 1230. The standard InChI is InChI=1S/C38H54N2/c1-7-9-11-13-15-17-21-39-23-19-29-31-25-34-32(26-33(31)37(3,4)35(29)27-39)30-20-24-40(28-36(30)38(34,5)6)22-18-16-14-12-10-8-2/h19-20,23-28H,7-18,21-22H2,1-6H3/q+2. The molecule has 2 heterocycles. The van der Waals surface area contributed by atoms with Gasteiger partial charge in [-0.2, -0.15) is 0 Å². The largest absolute Gasteiger partial charge is 0.205 e. The van der Waals surface area contributed by atoms with Gasteiger partial charge < -0.3 is 0 Å². The molecule has 0 atom stereocenters. The molecule has 2 aliphatic rings. The lowest BCUT2D eigenvalue weighted by atomic mass is 9.79. The third-order valence-electron chi connectivity index (χ3n) is 10.0. The van der Waals surface area contributed by atoms with E-state index in [1.807, 2.05) is 0 Å². The Balaban J connectivity index is 1.36. The minimum atomic E-state index is 0.0171. The Morgan fingerprint density at radius 3 is 1.25 bits per heavy atom. The number of pyridine rings is 2. The number of rotatable bonds is 14. The summed E-state index contributed by atoms with van der Waals surface area (Å²) in [6, 6.07) is 9.90. The van der Waals surface area contributed by atoms with E-state index in [2.05, 4.69) is 99.7 Å². The molecule has 2 nitrogen and oxygen atoms in total. The van der Waals surface area contributed by atoms with Crippen LogP contribution in [0.4, 0.5) is 0 Å². The molecule has 0 aliphatic heterocycles. The highest BCUT2D eigenvalue weighted by Crippen LogP contribution is 2.55. The van der Waals surface area contributed by atoms with Crippen LogP contribution in [-0.4, -0.2) is 0 Å². The van der Waals surface area contributed by atoms with Crippen molar-refractivity contribution in [3.63, 3.8) is 0 Å². The molecule has 0 radical (unpaired) electrons. The van der Waals surface area contributed by atoms with Gasteiger partial charge >= 0.3 is 0 Å². The molecule has 0 amide bonds. The van der Waals surface area contributed by atoms with Gasteiger partial charge in [0.15, 0.2) is 24.8 Å². The Morgan fingerprint density at radius 2 is 0.850 bits per heavy atom. The lowest BCUT2D eigenvalue weighted by Gasteiger charge is -2.23. The van der Waals surface area contributed by atoms with Gasteiger partial charge in [-0.15, -0.1) is 0 Å². The second-order valence-corrected chi connectivity index (χ2v) is 13.7. The van der Waals surface area contributed by atoms with Gasteiger partial charge in [0.1, 0.15) is 13.1 Å². The van der Waals surface area contributed by atoms with Gasteiger partial charge in [-0.1, -0.05) is 92.9 Å². The fourth-order valence-corrected chi connectivity index (χ4v) is 7.34. The Kier molecular flexibility index (Phi) is 8.83. The fraction of sp³-hybridized carbons (Fsp3) is 0.579. The van der Waals surface area contributed by atoms with Crippen LogP contribution < -0.4 is 9.13 Å². The van der Waals surface area contributed by atoms with E-state index in [1.165, 1.54) is 122 Å². The van der Waals surface area contributed by atoms with Crippen LogP contribution in [0.3, 0.4) is 0 Å². The minimum absolute atomic E-state index is 0.0171. The van der Waals surface area contributed by atoms with Gasteiger partial charge in [-0.25, -0.2) is 9.13 Å². The summed E-state index contributed by atoms with van der Waals surface area (Å²) in [5.41, 5.74) is 11.8. The van der Waals surface area contributed by atoms with Crippen LogP contribution in [0.1, 0.15) is 141 Å². The van der Waals surface area contributed by atoms with Crippen LogP contribution >= 0.6 is 0 Å². The van der Waals surface area contributed by atoms with Gasteiger partial charge in [0.05, 0.1) is 0 Å². The van der Waals surface area contributed by atoms with E-state index in [0.29, 0.717) is 0 Å². The van der Waals surface area contributed by atoms with Crippen molar-refractivity contribution in [2.45, 2.75) is 143 Å². The van der Waals surface area contributed by atoms with Gasteiger partial charge in [-0.3, -0.25) is 0 Å². The van der Waals surface area contributed by atoms with E-state index >= 15 is 0 Å². The van der Waals surface area contributed by atoms with E-state index in [0.717, 1.165) is 13.1 Å². The molecule has 0 unspecified atom stereocenters. The molecule has 5 rings (SSSR count). The summed E-state index contributed by atoms with van der Waals surface area (Å²) >= 11 is 0. The molecule has 2 aliphatic carbocycles. The maximum Gasteiger partial charge on any atom is 0.173 e. The lowest BCUT2D eigenvalue weighted by molar-refractivity contribution is -0.697. The number of nitrogens with zero attached hydrogens (tertiary/aromatic N) is 2. The first kappa shape index (κ1) is 29.0. The molecule has 0 fully saturated rings. The van der Waals surface area contributed by atoms with Gasteiger partial charge in [-0.05, 0) is 58.4 Å². The number of hydrogen-bond acceptors (Lipinski definition) is 0. The number of aromatic nitrogens is 2. The summed E-state index contributed by atoms with van der Waals surface area (Å²) in [5.74, 6) is 0. The molecule has 2 heteroatoms. The molecule has 0 spiro atoms.